The molecule has 1 atom stereocenters. The summed E-state index contributed by atoms with van der Waals surface area (Å²) in [5.41, 5.74) is 1.80. The second-order valence-electron chi connectivity index (χ2n) is 4.61. The highest BCUT2D eigenvalue weighted by atomic mass is 35.5. The van der Waals surface area contributed by atoms with Crippen molar-refractivity contribution in [2.75, 3.05) is 0 Å². The van der Waals surface area contributed by atoms with Crippen molar-refractivity contribution in [2.24, 2.45) is 0 Å². The van der Waals surface area contributed by atoms with Gasteiger partial charge in [-0.3, -0.25) is 0 Å². The van der Waals surface area contributed by atoms with Crippen LogP contribution in [0.5, 0.6) is 0 Å². The highest BCUT2D eigenvalue weighted by Gasteiger charge is 2.18. The number of hydrogen-bond acceptors (Lipinski definition) is 3. The van der Waals surface area contributed by atoms with Gasteiger partial charge in [-0.15, -0.1) is 21.8 Å². The molecule has 5 heteroatoms. The Morgan fingerprint density at radius 3 is 2.43 bits per heavy atom. The van der Waals surface area contributed by atoms with Crippen LogP contribution in [0.25, 0.3) is 0 Å². The zero-order valence-corrected chi connectivity index (χ0v) is 11.8. The highest BCUT2D eigenvalue weighted by Crippen LogP contribution is 2.27. The van der Waals surface area contributed by atoms with E-state index in [9.17, 15) is 4.39 Å². The zero-order chi connectivity index (χ0) is 14.7. The van der Waals surface area contributed by atoms with E-state index < -0.39 is 5.38 Å². The molecule has 1 unspecified atom stereocenters. The molecule has 0 saturated heterocycles. The summed E-state index contributed by atoms with van der Waals surface area (Å²) in [5, 5.41) is 7.50. The Bertz CT molecular complexity index is 713. The van der Waals surface area contributed by atoms with Crippen molar-refractivity contribution in [1.29, 1.82) is 0 Å². The molecule has 106 valence electrons. The molecule has 0 aliphatic carbocycles. The standard InChI is InChI=1S/C16H12ClFN2O/c17-15(12-4-2-1-3-5-12)16-20-19-14(21-16)10-11-6-8-13(18)9-7-11/h1-9,15H,10H2. The third kappa shape index (κ3) is 3.28. The number of alkyl halides is 1. The van der Waals surface area contributed by atoms with Gasteiger partial charge in [0.25, 0.3) is 0 Å². The van der Waals surface area contributed by atoms with E-state index >= 15 is 0 Å². The van der Waals surface area contributed by atoms with E-state index in [1.807, 2.05) is 30.3 Å². The molecule has 2 aromatic carbocycles. The molecule has 0 radical (unpaired) electrons. The third-order valence-corrected chi connectivity index (χ3v) is 3.50. The van der Waals surface area contributed by atoms with Gasteiger partial charge < -0.3 is 4.42 Å². The second kappa shape index (κ2) is 6.06. The fraction of sp³-hybridized carbons (Fsp3) is 0.125. The number of halogens is 2. The molecule has 0 amide bonds. The molecule has 0 bridgehead atoms. The lowest BCUT2D eigenvalue weighted by atomic mass is 10.1. The summed E-state index contributed by atoms with van der Waals surface area (Å²) < 4.78 is 18.4. The fourth-order valence-electron chi connectivity index (χ4n) is 1.98. The number of benzene rings is 2. The molecule has 0 N–H and O–H groups in total. The van der Waals surface area contributed by atoms with Crippen LogP contribution in [-0.2, 0) is 6.42 Å². The quantitative estimate of drug-likeness (QED) is 0.680. The Morgan fingerprint density at radius 1 is 1.00 bits per heavy atom. The van der Waals surface area contributed by atoms with Crippen LogP contribution in [0.3, 0.4) is 0 Å². The third-order valence-electron chi connectivity index (χ3n) is 3.06. The van der Waals surface area contributed by atoms with Gasteiger partial charge in [0.15, 0.2) is 0 Å². The molecule has 0 saturated carbocycles. The van der Waals surface area contributed by atoms with Crippen molar-refractivity contribution >= 4 is 11.6 Å². The SMILES string of the molecule is Fc1ccc(Cc2nnc(C(Cl)c3ccccc3)o2)cc1. The average molecular weight is 303 g/mol. The van der Waals surface area contributed by atoms with Gasteiger partial charge in [-0.2, -0.15) is 0 Å². The van der Waals surface area contributed by atoms with Crippen LogP contribution in [0.2, 0.25) is 0 Å². The zero-order valence-electron chi connectivity index (χ0n) is 11.0. The minimum absolute atomic E-state index is 0.269. The van der Waals surface area contributed by atoms with E-state index in [1.54, 1.807) is 12.1 Å². The molecule has 0 spiro atoms. The maximum atomic E-state index is 12.9. The van der Waals surface area contributed by atoms with Crippen molar-refractivity contribution in [1.82, 2.24) is 10.2 Å². The van der Waals surface area contributed by atoms with Crippen LogP contribution in [0.15, 0.2) is 59.0 Å². The summed E-state index contributed by atoms with van der Waals surface area (Å²) in [7, 11) is 0. The Morgan fingerprint density at radius 2 is 1.71 bits per heavy atom. The van der Waals surface area contributed by atoms with E-state index in [0.717, 1.165) is 11.1 Å². The number of rotatable bonds is 4. The van der Waals surface area contributed by atoms with E-state index in [1.165, 1.54) is 12.1 Å². The fourth-order valence-corrected chi connectivity index (χ4v) is 2.22. The minimum atomic E-state index is -0.472. The normalized spacial score (nSPS) is 12.3. The summed E-state index contributed by atoms with van der Waals surface area (Å²) >= 11 is 6.32. The lowest BCUT2D eigenvalue weighted by Crippen LogP contribution is -1.92. The van der Waals surface area contributed by atoms with Gasteiger partial charge in [0, 0.05) is 0 Å². The lowest BCUT2D eigenvalue weighted by Gasteiger charge is -2.03. The van der Waals surface area contributed by atoms with E-state index in [-0.39, 0.29) is 5.82 Å². The van der Waals surface area contributed by atoms with Gasteiger partial charge in [-0.05, 0) is 23.3 Å². The predicted octanol–water partition coefficient (Wildman–Crippen LogP) is 4.13. The first-order valence-electron chi connectivity index (χ1n) is 6.48. The smallest absolute Gasteiger partial charge is 0.238 e. The van der Waals surface area contributed by atoms with Gasteiger partial charge in [0.2, 0.25) is 11.8 Å². The molecule has 0 aliphatic rings. The summed E-state index contributed by atoms with van der Waals surface area (Å²) in [4.78, 5) is 0. The Hall–Kier alpha value is -2.20. The molecule has 3 rings (SSSR count). The summed E-state index contributed by atoms with van der Waals surface area (Å²) in [5.74, 6) is 0.549. The average Bonchev–Trinajstić information content (AvgIpc) is 2.98. The summed E-state index contributed by atoms with van der Waals surface area (Å²) in [6.45, 7) is 0. The van der Waals surface area contributed by atoms with Crippen LogP contribution in [0, 0.1) is 5.82 Å². The van der Waals surface area contributed by atoms with Crippen molar-refractivity contribution in [3.63, 3.8) is 0 Å². The summed E-state index contributed by atoms with van der Waals surface area (Å²) in [6, 6.07) is 15.7. The van der Waals surface area contributed by atoms with Gasteiger partial charge in [-0.25, -0.2) is 4.39 Å². The number of nitrogens with zero attached hydrogens (tertiary/aromatic N) is 2. The van der Waals surface area contributed by atoms with Crippen LogP contribution in [0.1, 0.15) is 28.3 Å². The first kappa shape index (κ1) is 13.8. The molecule has 1 heterocycles. The van der Waals surface area contributed by atoms with Crippen LogP contribution in [-0.4, -0.2) is 10.2 Å². The van der Waals surface area contributed by atoms with Crippen molar-refractivity contribution in [2.45, 2.75) is 11.8 Å². The number of hydrogen-bond donors (Lipinski definition) is 0. The Balaban J connectivity index is 1.75. The van der Waals surface area contributed by atoms with Crippen molar-refractivity contribution in [3.8, 4) is 0 Å². The van der Waals surface area contributed by atoms with E-state index in [0.29, 0.717) is 18.2 Å². The highest BCUT2D eigenvalue weighted by molar-refractivity contribution is 6.22. The molecular formula is C16H12ClFN2O. The first-order chi connectivity index (χ1) is 10.2. The van der Waals surface area contributed by atoms with E-state index in [2.05, 4.69) is 10.2 Å². The van der Waals surface area contributed by atoms with Gasteiger partial charge in [0.05, 0.1) is 6.42 Å². The van der Waals surface area contributed by atoms with Gasteiger partial charge in [0.1, 0.15) is 11.2 Å². The maximum absolute atomic E-state index is 12.9. The predicted molar refractivity (Wildman–Crippen MR) is 77.6 cm³/mol. The lowest BCUT2D eigenvalue weighted by molar-refractivity contribution is 0.462. The largest absolute Gasteiger partial charge is 0.423 e. The molecule has 21 heavy (non-hydrogen) atoms. The monoisotopic (exact) mass is 302 g/mol. The Kier molecular flexibility index (Phi) is 3.97. The minimum Gasteiger partial charge on any atom is -0.423 e. The number of aromatic nitrogens is 2. The van der Waals surface area contributed by atoms with Crippen LogP contribution in [0.4, 0.5) is 4.39 Å². The van der Waals surface area contributed by atoms with Crippen LogP contribution >= 0.6 is 11.6 Å². The van der Waals surface area contributed by atoms with Crippen molar-refractivity contribution < 1.29 is 8.81 Å². The molecule has 1 aromatic heterocycles. The van der Waals surface area contributed by atoms with Crippen molar-refractivity contribution in [3.05, 3.63) is 83.3 Å². The second-order valence-corrected chi connectivity index (χ2v) is 5.05. The first-order valence-corrected chi connectivity index (χ1v) is 6.92. The maximum Gasteiger partial charge on any atom is 0.238 e. The van der Waals surface area contributed by atoms with E-state index in [4.69, 9.17) is 16.0 Å². The molecule has 3 aromatic rings. The van der Waals surface area contributed by atoms with Gasteiger partial charge in [-0.1, -0.05) is 42.5 Å². The molecule has 0 fully saturated rings. The summed E-state index contributed by atoms with van der Waals surface area (Å²) in [6.07, 6.45) is 0.450. The van der Waals surface area contributed by atoms with Gasteiger partial charge >= 0.3 is 0 Å². The molecular weight excluding hydrogens is 291 g/mol. The molecule has 3 nitrogen and oxygen atoms in total. The topological polar surface area (TPSA) is 38.9 Å². The van der Waals surface area contributed by atoms with Crippen LogP contribution < -0.4 is 0 Å². The molecule has 0 aliphatic heterocycles. The Labute approximate surface area is 126 Å².